The minimum absolute atomic E-state index is 0.0965. The second kappa shape index (κ2) is 10.6. The first kappa shape index (κ1) is 21.7. The molecule has 0 aliphatic heterocycles. The van der Waals surface area contributed by atoms with Gasteiger partial charge in [0.05, 0.1) is 18.3 Å². The second-order valence-corrected chi connectivity index (χ2v) is 8.49. The summed E-state index contributed by atoms with van der Waals surface area (Å²) in [5, 5.41) is 2.95. The average Bonchev–Trinajstić information content (AvgIpc) is 2.82. The van der Waals surface area contributed by atoms with E-state index in [2.05, 4.69) is 29.4 Å². The third-order valence-electron chi connectivity index (χ3n) is 4.75. The van der Waals surface area contributed by atoms with Crippen LogP contribution in [0.4, 0.5) is 5.69 Å². The van der Waals surface area contributed by atoms with E-state index in [4.69, 9.17) is 4.74 Å². The first-order valence-corrected chi connectivity index (χ1v) is 11.5. The number of ether oxygens (including phenoxy) is 1. The second-order valence-electron chi connectivity index (χ2n) is 7.15. The van der Waals surface area contributed by atoms with Crippen LogP contribution in [0.25, 0.3) is 11.3 Å². The number of para-hydroxylation sites is 1. The third-order valence-corrected chi connectivity index (χ3v) is 5.65. The number of benzene rings is 3. The molecule has 0 aliphatic carbocycles. The highest BCUT2D eigenvalue weighted by molar-refractivity contribution is 7.99. The Kier molecular flexibility index (Phi) is 7.20. The molecule has 0 fully saturated rings. The molecule has 1 aromatic heterocycles. The molecule has 4 aromatic rings. The predicted molar refractivity (Wildman–Crippen MR) is 131 cm³/mol. The maximum atomic E-state index is 12.6. The van der Waals surface area contributed by atoms with Crippen molar-refractivity contribution in [2.24, 2.45) is 0 Å². The quantitative estimate of drug-likeness (QED) is 0.305. The van der Waals surface area contributed by atoms with Crippen LogP contribution < -0.4 is 10.1 Å². The summed E-state index contributed by atoms with van der Waals surface area (Å²) < 4.78 is 6.12. The number of nitrogens with one attached hydrogen (secondary N) is 1. The van der Waals surface area contributed by atoms with Crippen molar-refractivity contribution in [1.29, 1.82) is 0 Å². The number of hydrogen-bond donors (Lipinski definition) is 1. The number of anilines is 1. The van der Waals surface area contributed by atoms with Crippen LogP contribution in [0.3, 0.4) is 0 Å². The molecule has 1 amide bonds. The number of thioether (sulfide) groups is 1. The summed E-state index contributed by atoms with van der Waals surface area (Å²) in [6.45, 7) is 2.12. The lowest BCUT2D eigenvalue weighted by atomic mass is 10.1. The molecule has 0 saturated heterocycles. The molecule has 5 heteroatoms. The lowest BCUT2D eigenvalue weighted by Gasteiger charge is -2.13. The van der Waals surface area contributed by atoms with Gasteiger partial charge < -0.3 is 10.1 Å². The first-order valence-electron chi connectivity index (χ1n) is 10.5. The first-order chi connectivity index (χ1) is 15.7. The van der Waals surface area contributed by atoms with Crippen molar-refractivity contribution in [3.05, 3.63) is 103 Å². The molecule has 0 saturated carbocycles. The van der Waals surface area contributed by atoms with E-state index in [0.29, 0.717) is 23.6 Å². The predicted octanol–water partition coefficient (Wildman–Crippen LogP) is 6.83. The number of amides is 1. The van der Waals surface area contributed by atoms with Crippen molar-refractivity contribution >= 4 is 23.4 Å². The summed E-state index contributed by atoms with van der Waals surface area (Å²) in [6, 6.07) is 29.3. The molecule has 32 heavy (non-hydrogen) atoms. The van der Waals surface area contributed by atoms with Gasteiger partial charge in [-0.05, 0) is 35.6 Å². The Hall–Kier alpha value is -3.57. The SMILES string of the molecule is CCSc1ccc(CC(=O)Nc2cnc(-c3ccccc3)c(Oc3ccccc3)c2)cc1. The van der Waals surface area contributed by atoms with Crippen LogP contribution >= 0.6 is 11.8 Å². The summed E-state index contributed by atoms with van der Waals surface area (Å²) in [5.41, 5.74) is 3.23. The van der Waals surface area contributed by atoms with E-state index in [1.807, 2.05) is 78.9 Å². The fourth-order valence-electron chi connectivity index (χ4n) is 3.28. The summed E-state index contributed by atoms with van der Waals surface area (Å²) in [7, 11) is 0. The largest absolute Gasteiger partial charge is 0.455 e. The van der Waals surface area contributed by atoms with Gasteiger partial charge in [-0.15, -0.1) is 11.8 Å². The summed E-state index contributed by atoms with van der Waals surface area (Å²) >= 11 is 1.78. The molecule has 0 radical (unpaired) electrons. The van der Waals surface area contributed by atoms with E-state index in [-0.39, 0.29) is 5.91 Å². The van der Waals surface area contributed by atoms with Gasteiger partial charge in [0, 0.05) is 16.5 Å². The number of pyridine rings is 1. The van der Waals surface area contributed by atoms with Gasteiger partial charge in [-0.1, -0.05) is 67.6 Å². The Morgan fingerprint density at radius 3 is 2.31 bits per heavy atom. The van der Waals surface area contributed by atoms with Crippen molar-refractivity contribution in [3.63, 3.8) is 0 Å². The molecular formula is C27H24N2O2S. The van der Waals surface area contributed by atoms with E-state index >= 15 is 0 Å². The van der Waals surface area contributed by atoms with Crippen molar-refractivity contribution in [2.45, 2.75) is 18.2 Å². The Morgan fingerprint density at radius 2 is 1.62 bits per heavy atom. The van der Waals surface area contributed by atoms with Crippen molar-refractivity contribution in [2.75, 3.05) is 11.1 Å². The number of carbonyl (C=O) groups excluding carboxylic acids is 1. The molecule has 4 rings (SSSR count). The van der Waals surface area contributed by atoms with E-state index in [1.165, 1.54) is 4.90 Å². The van der Waals surface area contributed by atoms with Crippen molar-refractivity contribution < 1.29 is 9.53 Å². The number of aromatic nitrogens is 1. The Morgan fingerprint density at radius 1 is 0.938 bits per heavy atom. The Bertz CT molecular complexity index is 1160. The topological polar surface area (TPSA) is 51.2 Å². The lowest BCUT2D eigenvalue weighted by Crippen LogP contribution is -2.14. The zero-order valence-corrected chi connectivity index (χ0v) is 18.6. The highest BCUT2D eigenvalue weighted by Gasteiger charge is 2.12. The van der Waals surface area contributed by atoms with Gasteiger partial charge in [-0.3, -0.25) is 9.78 Å². The molecule has 0 spiro atoms. The van der Waals surface area contributed by atoms with Gasteiger partial charge in [-0.25, -0.2) is 0 Å². The molecule has 0 atom stereocenters. The molecule has 3 aromatic carbocycles. The lowest BCUT2D eigenvalue weighted by molar-refractivity contribution is -0.115. The molecular weight excluding hydrogens is 416 g/mol. The van der Waals surface area contributed by atoms with Crippen molar-refractivity contribution in [3.8, 4) is 22.8 Å². The zero-order valence-electron chi connectivity index (χ0n) is 17.8. The van der Waals surface area contributed by atoms with Gasteiger partial charge in [0.25, 0.3) is 0 Å². The van der Waals surface area contributed by atoms with Crippen LogP contribution in [0.1, 0.15) is 12.5 Å². The molecule has 0 aliphatic rings. The van der Waals surface area contributed by atoms with Crippen LogP contribution in [-0.2, 0) is 11.2 Å². The molecule has 1 heterocycles. The Labute approximate surface area is 192 Å². The van der Waals surface area contributed by atoms with E-state index in [0.717, 1.165) is 22.6 Å². The van der Waals surface area contributed by atoms with Gasteiger partial charge in [0.2, 0.25) is 5.91 Å². The minimum Gasteiger partial charge on any atom is -0.455 e. The van der Waals surface area contributed by atoms with E-state index in [9.17, 15) is 4.79 Å². The maximum absolute atomic E-state index is 12.6. The van der Waals surface area contributed by atoms with E-state index in [1.54, 1.807) is 18.0 Å². The molecule has 160 valence electrons. The van der Waals surface area contributed by atoms with Crippen LogP contribution in [0.2, 0.25) is 0 Å². The smallest absolute Gasteiger partial charge is 0.228 e. The zero-order chi connectivity index (χ0) is 22.2. The highest BCUT2D eigenvalue weighted by Crippen LogP contribution is 2.33. The number of carbonyl (C=O) groups is 1. The van der Waals surface area contributed by atoms with E-state index < -0.39 is 0 Å². The fourth-order valence-corrected chi connectivity index (χ4v) is 3.94. The third kappa shape index (κ3) is 5.77. The summed E-state index contributed by atoms with van der Waals surface area (Å²) in [4.78, 5) is 18.4. The number of hydrogen-bond acceptors (Lipinski definition) is 4. The van der Waals surface area contributed by atoms with Crippen LogP contribution in [0.5, 0.6) is 11.5 Å². The van der Waals surface area contributed by atoms with Gasteiger partial charge in [0.1, 0.15) is 11.4 Å². The minimum atomic E-state index is -0.0965. The standard InChI is InChI=1S/C27H24N2O2S/c1-2-32-24-15-13-20(14-16-24)17-26(30)29-22-18-25(31-23-11-7-4-8-12-23)27(28-19-22)21-9-5-3-6-10-21/h3-16,18-19H,2,17H2,1H3,(H,29,30). The number of nitrogens with zero attached hydrogens (tertiary/aromatic N) is 1. The highest BCUT2D eigenvalue weighted by atomic mass is 32.2. The molecule has 0 unspecified atom stereocenters. The van der Waals surface area contributed by atoms with Gasteiger partial charge in [-0.2, -0.15) is 0 Å². The summed E-state index contributed by atoms with van der Waals surface area (Å²) in [6.07, 6.45) is 1.96. The summed E-state index contributed by atoms with van der Waals surface area (Å²) in [5.74, 6) is 2.22. The fraction of sp³-hybridized carbons (Fsp3) is 0.111. The van der Waals surface area contributed by atoms with Crippen molar-refractivity contribution in [1.82, 2.24) is 4.98 Å². The van der Waals surface area contributed by atoms with Crippen LogP contribution in [0, 0.1) is 0 Å². The number of rotatable bonds is 8. The monoisotopic (exact) mass is 440 g/mol. The maximum Gasteiger partial charge on any atom is 0.228 e. The molecule has 4 nitrogen and oxygen atoms in total. The van der Waals surface area contributed by atoms with Crippen LogP contribution in [0.15, 0.2) is 102 Å². The molecule has 1 N–H and O–H groups in total. The normalized spacial score (nSPS) is 10.5. The van der Waals surface area contributed by atoms with Gasteiger partial charge in [0.15, 0.2) is 5.75 Å². The Balaban J connectivity index is 1.53. The average molecular weight is 441 g/mol. The van der Waals surface area contributed by atoms with Gasteiger partial charge >= 0.3 is 0 Å². The van der Waals surface area contributed by atoms with Crippen LogP contribution in [-0.4, -0.2) is 16.6 Å². The molecule has 0 bridgehead atoms.